The van der Waals surface area contributed by atoms with Crippen molar-refractivity contribution in [1.82, 2.24) is 4.98 Å². The van der Waals surface area contributed by atoms with Gasteiger partial charge in [0.1, 0.15) is 0 Å². The number of rotatable bonds is 2. The summed E-state index contributed by atoms with van der Waals surface area (Å²) in [4.78, 5) is 4.73. The topological polar surface area (TPSA) is 12.9 Å². The third-order valence-corrected chi connectivity index (χ3v) is 9.28. The van der Waals surface area contributed by atoms with Gasteiger partial charge in [-0.1, -0.05) is 61.8 Å². The Labute approximate surface area is 116 Å². The van der Waals surface area contributed by atoms with Gasteiger partial charge in [0.25, 0.3) is 0 Å². The standard InChI is InChI=1S/C17H21NSi/c1-14-12-16(15-8-4-3-5-9-15)18-13-17(14)19(2)10-6-7-11-19/h3-5,8-9,12-13H,6-7,10-11H2,1-2H3. The molecule has 0 amide bonds. The molecule has 0 unspecified atom stereocenters. The Morgan fingerprint density at radius 1 is 1.05 bits per heavy atom. The van der Waals surface area contributed by atoms with E-state index >= 15 is 0 Å². The van der Waals surface area contributed by atoms with E-state index in [1.807, 2.05) is 0 Å². The monoisotopic (exact) mass is 267 g/mol. The van der Waals surface area contributed by atoms with Crippen LogP contribution in [0.3, 0.4) is 0 Å². The van der Waals surface area contributed by atoms with Crippen molar-refractivity contribution in [1.29, 1.82) is 0 Å². The first-order chi connectivity index (χ1) is 9.19. The van der Waals surface area contributed by atoms with Gasteiger partial charge in [0.2, 0.25) is 0 Å². The van der Waals surface area contributed by atoms with Crippen LogP contribution in [0.5, 0.6) is 0 Å². The van der Waals surface area contributed by atoms with Crippen LogP contribution < -0.4 is 5.19 Å². The van der Waals surface area contributed by atoms with Crippen molar-refractivity contribution in [3.63, 3.8) is 0 Å². The third-order valence-electron chi connectivity index (χ3n) is 4.54. The molecule has 0 spiro atoms. The van der Waals surface area contributed by atoms with Crippen molar-refractivity contribution in [2.75, 3.05) is 0 Å². The zero-order valence-corrected chi connectivity index (χ0v) is 12.8. The van der Waals surface area contributed by atoms with Crippen LogP contribution >= 0.6 is 0 Å². The van der Waals surface area contributed by atoms with Crippen LogP contribution in [0.25, 0.3) is 11.3 Å². The molecule has 2 heteroatoms. The molecule has 1 saturated heterocycles. The summed E-state index contributed by atoms with van der Waals surface area (Å²) in [6.45, 7) is 4.80. The van der Waals surface area contributed by atoms with Crippen LogP contribution in [0, 0.1) is 6.92 Å². The number of nitrogens with zero attached hydrogens (tertiary/aromatic N) is 1. The Bertz CT molecular complexity index is 571. The van der Waals surface area contributed by atoms with E-state index in [4.69, 9.17) is 4.98 Å². The average Bonchev–Trinajstić information content (AvgIpc) is 2.87. The molecule has 1 nitrogen and oxygen atoms in total. The van der Waals surface area contributed by atoms with E-state index in [2.05, 4.69) is 56.1 Å². The summed E-state index contributed by atoms with van der Waals surface area (Å²) in [6, 6.07) is 15.6. The molecular formula is C17H21NSi. The molecule has 1 aliphatic heterocycles. The Balaban J connectivity index is 1.99. The molecule has 1 fully saturated rings. The molecule has 0 bridgehead atoms. The molecule has 19 heavy (non-hydrogen) atoms. The molecule has 0 aliphatic carbocycles. The normalized spacial score (nSPS) is 17.6. The van der Waals surface area contributed by atoms with Crippen molar-refractivity contribution in [2.24, 2.45) is 0 Å². The van der Waals surface area contributed by atoms with E-state index in [1.54, 1.807) is 5.19 Å². The summed E-state index contributed by atoms with van der Waals surface area (Å²) in [5.41, 5.74) is 3.78. The summed E-state index contributed by atoms with van der Waals surface area (Å²) in [5.74, 6) is 0. The highest BCUT2D eigenvalue weighted by atomic mass is 28.3. The smallest absolute Gasteiger partial charge is 0.0860 e. The first-order valence-corrected chi connectivity index (χ1v) is 10.1. The predicted octanol–water partition coefficient (Wildman–Crippen LogP) is 4.14. The van der Waals surface area contributed by atoms with Crippen molar-refractivity contribution in [3.8, 4) is 11.3 Å². The molecule has 0 radical (unpaired) electrons. The molecule has 98 valence electrons. The second-order valence-electron chi connectivity index (χ2n) is 6.02. The van der Waals surface area contributed by atoms with Gasteiger partial charge in [-0.15, -0.1) is 0 Å². The summed E-state index contributed by atoms with van der Waals surface area (Å²) in [5, 5.41) is 1.59. The number of aromatic nitrogens is 1. The highest BCUT2D eigenvalue weighted by Crippen LogP contribution is 2.30. The fourth-order valence-corrected chi connectivity index (χ4v) is 7.63. The third kappa shape index (κ3) is 2.37. The maximum atomic E-state index is 4.73. The maximum Gasteiger partial charge on any atom is 0.0860 e. The number of hydrogen-bond donors (Lipinski definition) is 0. The summed E-state index contributed by atoms with van der Waals surface area (Å²) >= 11 is 0. The number of aryl methyl sites for hydroxylation is 1. The molecule has 1 aromatic heterocycles. The van der Waals surface area contributed by atoms with Gasteiger partial charge in [0.15, 0.2) is 0 Å². The van der Waals surface area contributed by atoms with Crippen LogP contribution in [0.15, 0.2) is 42.6 Å². The van der Waals surface area contributed by atoms with Crippen LogP contribution in [0.2, 0.25) is 18.6 Å². The predicted molar refractivity (Wildman–Crippen MR) is 84.5 cm³/mol. The van der Waals surface area contributed by atoms with Gasteiger partial charge < -0.3 is 0 Å². The second kappa shape index (κ2) is 4.93. The molecule has 2 aromatic rings. The summed E-state index contributed by atoms with van der Waals surface area (Å²) in [6.07, 6.45) is 5.01. The molecular weight excluding hydrogens is 246 g/mol. The molecule has 1 aromatic carbocycles. The number of hydrogen-bond acceptors (Lipinski definition) is 1. The average molecular weight is 267 g/mol. The van der Waals surface area contributed by atoms with Crippen LogP contribution in [0.1, 0.15) is 18.4 Å². The van der Waals surface area contributed by atoms with Crippen LogP contribution in [-0.2, 0) is 0 Å². The fraction of sp³-hybridized carbons (Fsp3) is 0.353. The lowest BCUT2D eigenvalue weighted by Gasteiger charge is -2.23. The Morgan fingerprint density at radius 3 is 2.37 bits per heavy atom. The lowest BCUT2D eigenvalue weighted by atomic mass is 10.1. The molecule has 3 rings (SSSR count). The van der Waals surface area contributed by atoms with Gasteiger partial charge in [-0.2, -0.15) is 0 Å². The molecule has 0 atom stereocenters. The Morgan fingerprint density at radius 2 is 1.74 bits per heavy atom. The highest BCUT2D eigenvalue weighted by molar-refractivity contribution is 6.91. The van der Waals surface area contributed by atoms with E-state index in [0.717, 1.165) is 5.69 Å². The molecule has 2 heterocycles. The van der Waals surface area contributed by atoms with E-state index in [9.17, 15) is 0 Å². The molecule has 0 N–H and O–H groups in total. The van der Waals surface area contributed by atoms with Gasteiger partial charge in [-0.3, -0.25) is 4.98 Å². The highest BCUT2D eigenvalue weighted by Gasteiger charge is 2.34. The fourth-order valence-electron chi connectivity index (χ4n) is 3.38. The first-order valence-electron chi connectivity index (χ1n) is 7.22. The lowest BCUT2D eigenvalue weighted by molar-refractivity contribution is 0.935. The largest absolute Gasteiger partial charge is 0.256 e. The lowest BCUT2D eigenvalue weighted by Crippen LogP contribution is -2.43. The van der Waals surface area contributed by atoms with Crippen molar-refractivity contribution in [2.45, 2.75) is 38.4 Å². The minimum absolute atomic E-state index is 1.11. The van der Waals surface area contributed by atoms with Gasteiger partial charge in [0, 0.05) is 11.8 Å². The number of pyridine rings is 1. The van der Waals surface area contributed by atoms with Gasteiger partial charge in [-0.05, 0) is 23.7 Å². The zero-order valence-electron chi connectivity index (χ0n) is 11.8. The SMILES string of the molecule is Cc1cc(-c2ccccc2)ncc1[Si]1(C)CCCC1. The minimum Gasteiger partial charge on any atom is -0.256 e. The van der Waals surface area contributed by atoms with E-state index in [-0.39, 0.29) is 0 Å². The van der Waals surface area contributed by atoms with Crippen molar-refractivity contribution in [3.05, 3.63) is 48.2 Å². The zero-order chi connectivity index (χ0) is 13.3. The second-order valence-corrected chi connectivity index (χ2v) is 10.7. The van der Waals surface area contributed by atoms with Crippen LogP contribution in [0.4, 0.5) is 0 Å². The Hall–Kier alpha value is -1.41. The van der Waals surface area contributed by atoms with Crippen molar-refractivity contribution < 1.29 is 0 Å². The van der Waals surface area contributed by atoms with Gasteiger partial charge in [-0.25, -0.2) is 0 Å². The maximum absolute atomic E-state index is 4.73. The summed E-state index contributed by atoms with van der Waals surface area (Å²) in [7, 11) is -1.19. The van der Waals surface area contributed by atoms with Gasteiger partial charge in [0.05, 0.1) is 13.8 Å². The minimum atomic E-state index is -1.19. The number of benzene rings is 1. The Kier molecular flexibility index (Phi) is 3.27. The van der Waals surface area contributed by atoms with Crippen molar-refractivity contribution >= 4 is 13.3 Å². The van der Waals surface area contributed by atoms with E-state index < -0.39 is 8.07 Å². The van der Waals surface area contributed by atoms with E-state index in [0.29, 0.717) is 0 Å². The summed E-state index contributed by atoms with van der Waals surface area (Å²) < 4.78 is 0. The van der Waals surface area contributed by atoms with Gasteiger partial charge >= 0.3 is 0 Å². The van der Waals surface area contributed by atoms with E-state index in [1.165, 1.54) is 36.1 Å². The quantitative estimate of drug-likeness (QED) is 0.745. The van der Waals surface area contributed by atoms with Crippen LogP contribution in [-0.4, -0.2) is 13.1 Å². The first kappa shape index (κ1) is 12.6. The molecule has 1 aliphatic rings. The molecule has 0 saturated carbocycles.